The number of rotatable bonds is 0. The molecule has 0 spiro atoms. The number of hydrogen-bond donors (Lipinski definition) is 0. The summed E-state index contributed by atoms with van der Waals surface area (Å²) < 4.78 is 0. The molecule has 2 aliphatic rings. The van der Waals surface area contributed by atoms with Gasteiger partial charge in [0.2, 0.25) is 5.11 Å². The lowest BCUT2D eigenvalue weighted by Crippen LogP contribution is -2.22. The van der Waals surface area contributed by atoms with Gasteiger partial charge < -0.3 is 9.80 Å². The van der Waals surface area contributed by atoms with Gasteiger partial charge in [-0.2, -0.15) is 0 Å². The van der Waals surface area contributed by atoms with E-state index in [0.29, 0.717) is 5.11 Å². The van der Waals surface area contributed by atoms with Crippen LogP contribution in [0, 0.1) is 0 Å². The molecule has 0 saturated carbocycles. The fraction of sp³-hybridized carbons (Fsp3) is 0.727. The zero-order valence-electron chi connectivity index (χ0n) is 9.94. The molecule has 16 heavy (non-hydrogen) atoms. The van der Waals surface area contributed by atoms with Crippen molar-refractivity contribution in [3.63, 3.8) is 0 Å². The van der Waals surface area contributed by atoms with Gasteiger partial charge in [0.25, 0.3) is 0 Å². The predicted octanol–water partition coefficient (Wildman–Crippen LogP) is 1.52. The number of aliphatic imine (C=N–C) groups is 2. The molecule has 0 atom stereocenters. The molecule has 2 saturated heterocycles. The second-order valence-electron chi connectivity index (χ2n) is 4.39. The van der Waals surface area contributed by atoms with Crippen molar-refractivity contribution in [3.8, 4) is 0 Å². The van der Waals surface area contributed by atoms with Crippen molar-refractivity contribution < 1.29 is 0 Å². The molecular weight excluding hydrogens is 220 g/mol. The van der Waals surface area contributed by atoms with E-state index in [-0.39, 0.29) is 0 Å². The number of thiocarbonyl (C=S) groups is 1. The Morgan fingerprint density at radius 1 is 1.00 bits per heavy atom. The lowest BCUT2D eigenvalue weighted by atomic mass is 10.4. The first-order valence-corrected chi connectivity index (χ1v) is 6.19. The van der Waals surface area contributed by atoms with E-state index in [4.69, 9.17) is 12.2 Å². The van der Waals surface area contributed by atoms with Gasteiger partial charge in [-0.15, -0.1) is 0 Å². The van der Waals surface area contributed by atoms with E-state index < -0.39 is 0 Å². The smallest absolute Gasteiger partial charge is 0.222 e. The molecule has 2 rings (SSSR count). The van der Waals surface area contributed by atoms with Gasteiger partial charge in [0, 0.05) is 40.0 Å². The second-order valence-corrected chi connectivity index (χ2v) is 4.75. The van der Waals surface area contributed by atoms with Crippen molar-refractivity contribution in [1.82, 2.24) is 9.80 Å². The van der Waals surface area contributed by atoms with Crippen LogP contribution in [0.2, 0.25) is 0 Å². The molecule has 2 heterocycles. The molecule has 2 fully saturated rings. The Bertz CT molecular complexity index is 316. The summed E-state index contributed by atoms with van der Waals surface area (Å²) in [6.45, 7) is 2.16. The molecule has 0 aromatic heterocycles. The van der Waals surface area contributed by atoms with Gasteiger partial charge >= 0.3 is 0 Å². The molecule has 0 N–H and O–H groups in total. The summed E-state index contributed by atoms with van der Waals surface area (Å²) in [4.78, 5) is 13.1. The molecule has 0 amide bonds. The van der Waals surface area contributed by atoms with Gasteiger partial charge in [-0.25, -0.2) is 9.98 Å². The molecule has 5 heteroatoms. The molecule has 2 aliphatic heterocycles. The fourth-order valence-electron chi connectivity index (χ4n) is 2.12. The Morgan fingerprint density at radius 2 is 1.44 bits per heavy atom. The third kappa shape index (κ3) is 2.58. The third-order valence-corrected chi connectivity index (χ3v) is 3.30. The zero-order chi connectivity index (χ0) is 11.5. The second kappa shape index (κ2) is 4.91. The van der Waals surface area contributed by atoms with Crippen LogP contribution in [0.4, 0.5) is 0 Å². The van der Waals surface area contributed by atoms with E-state index in [1.165, 1.54) is 12.8 Å². The van der Waals surface area contributed by atoms with E-state index in [9.17, 15) is 0 Å². The summed E-state index contributed by atoms with van der Waals surface area (Å²) in [6, 6.07) is 0. The molecule has 4 nitrogen and oxygen atoms in total. The monoisotopic (exact) mass is 238 g/mol. The van der Waals surface area contributed by atoms with Crippen LogP contribution in [-0.2, 0) is 0 Å². The van der Waals surface area contributed by atoms with Crippen LogP contribution in [-0.4, -0.2) is 53.8 Å². The van der Waals surface area contributed by atoms with Crippen LogP contribution in [0.1, 0.15) is 25.7 Å². The molecule has 0 aromatic rings. The molecule has 0 radical (unpaired) electrons. The third-order valence-electron chi connectivity index (χ3n) is 3.12. The van der Waals surface area contributed by atoms with Gasteiger partial charge in [0.1, 0.15) is 11.7 Å². The maximum absolute atomic E-state index is 5.20. The molecule has 0 bridgehead atoms. The number of amidine groups is 2. The standard InChI is InChI=1S/C11H18N4S/c1-14-7-3-5-9(14)12-11(16)13-10-6-4-8-15(10)2/h3-8H2,1-2H3/b12-9+,13-10+. The van der Waals surface area contributed by atoms with Crippen LogP contribution >= 0.6 is 12.2 Å². The van der Waals surface area contributed by atoms with Gasteiger partial charge in [0.15, 0.2) is 0 Å². The van der Waals surface area contributed by atoms with Gasteiger partial charge in [-0.1, -0.05) is 0 Å². The molecule has 0 aliphatic carbocycles. The quantitative estimate of drug-likeness (QED) is 0.600. The topological polar surface area (TPSA) is 31.2 Å². The highest BCUT2D eigenvalue weighted by atomic mass is 32.1. The minimum Gasteiger partial charge on any atom is -0.363 e. The van der Waals surface area contributed by atoms with Crippen molar-refractivity contribution in [1.29, 1.82) is 0 Å². The summed E-state index contributed by atoms with van der Waals surface area (Å²) >= 11 is 5.20. The average Bonchev–Trinajstić information content (AvgIpc) is 2.79. The Labute approximate surface area is 102 Å². The van der Waals surface area contributed by atoms with Crippen molar-refractivity contribution in [2.45, 2.75) is 25.7 Å². The van der Waals surface area contributed by atoms with Crippen LogP contribution in [0.3, 0.4) is 0 Å². The van der Waals surface area contributed by atoms with Crippen molar-refractivity contribution in [2.75, 3.05) is 27.2 Å². The van der Waals surface area contributed by atoms with Crippen molar-refractivity contribution in [2.24, 2.45) is 9.98 Å². The fourth-order valence-corrected chi connectivity index (χ4v) is 2.33. The van der Waals surface area contributed by atoms with Gasteiger partial charge in [0.05, 0.1) is 0 Å². The minimum absolute atomic E-state index is 0.479. The van der Waals surface area contributed by atoms with E-state index in [0.717, 1.165) is 37.6 Å². The Balaban J connectivity index is 2.03. The number of likely N-dealkylation sites (tertiary alicyclic amines) is 2. The minimum atomic E-state index is 0.479. The number of nitrogens with zero attached hydrogens (tertiary/aromatic N) is 4. The zero-order valence-corrected chi connectivity index (χ0v) is 10.8. The first-order valence-electron chi connectivity index (χ1n) is 5.78. The molecule has 0 unspecified atom stereocenters. The van der Waals surface area contributed by atoms with Gasteiger partial charge in [-0.3, -0.25) is 0 Å². The van der Waals surface area contributed by atoms with E-state index in [2.05, 4.69) is 33.9 Å². The Hall–Kier alpha value is -0.970. The highest BCUT2D eigenvalue weighted by Crippen LogP contribution is 2.12. The first kappa shape index (κ1) is 11.5. The highest BCUT2D eigenvalue weighted by Gasteiger charge is 2.16. The lowest BCUT2D eigenvalue weighted by molar-refractivity contribution is 0.549. The predicted molar refractivity (Wildman–Crippen MR) is 71.2 cm³/mol. The van der Waals surface area contributed by atoms with E-state index in [1.54, 1.807) is 0 Å². The Morgan fingerprint density at radius 3 is 1.75 bits per heavy atom. The van der Waals surface area contributed by atoms with Gasteiger partial charge in [-0.05, 0) is 25.1 Å². The summed E-state index contributed by atoms with van der Waals surface area (Å²) in [7, 11) is 4.12. The first-order chi connectivity index (χ1) is 7.66. The summed E-state index contributed by atoms with van der Waals surface area (Å²) in [5, 5.41) is 0.479. The number of hydrogen-bond acceptors (Lipinski definition) is 1. The molecule has 0 aromatic carbocycles. The van der Waals surface area contributed by atoms with Crippen molar-refractivity contribution >= 4 is 29.0 Å². The van der Waals surface area contributed by atoms with E-state index in [1.807, 2.05) is 0 Å². The maximum atomic E-state index is 5.20. The highest BCUT2D eigenvalue weighted by molar-refractivity contribution is 7.80. The van der Waals surface area contributed by atoms with Crippen LogP contribution in [0.15, 0.2) is 9.98 Å². The van der Waals surface area contributed by atoms with Crippen LogP contribution < -0.4 is 0 Å². The van der Waals surface area contributed by atoms with Crippen LogP contribution in [0.25, 0.3) is 0 Å². The molecular formula is C11H18N4S. The average molecular weight is 238 g/mol. The SMILES string of the molecule is CN1CCC/C1=N\C(=S)/N=C1\CCCN1C. The Kier molecular flexibility index (Phi) is 3.53. The summed E-state index contributed by atoms with van der Waals surface area (Å²) in [5.74, 6) is 2.16. The largest absolute Gasteiger partial charge is 0.363 e. The van der Waals surface area contributed by atoms with Crippen molar-refractivity contribution in [3.05, 3.63) is 0 Å². The van der Waals surface area contributed by atoms with E-state index >= 15 is 0 Å². The summed E-state index contributed by atoms with van der Waals surface area (Å²) in [6.07, 6.45) is 4.40. The summed E-state index contributed by atoms with van der Waals surface area (Å²) in [5.41, 5.74) is 0. The van der Waals surface area contributed by atoms with Crippen LogP contribution in [0.5, 0.6) is 0 Å². The lowest BCUT2D eigenvalue weighted by Gasteiger charge is -2.12. The molecule has 88 valence electrons. The normalized spacial score (nSPS) is 26.1. The maximum Gasteiger partial charge on any atom is 0.222 e.